The summed E-state index contributed by atoms with van der Waals surface area (Å²) >= 11 is 0.936. The number of hydrogen-bond acceptors (Lipinski definition) is 16. The van der Waals surface area contributed by atoms with Crippen molar-refractivity contribution in [1.29, 1.82) is 0 Å². The smallest absolute Gasteiger partial charge is 0.294 e. The van der Waals surface area contributed by atoms with Crippen LogP contribution < -0.4 is 10.6 Å². The highest BCUT2D eigenvalue weighted by Gasteiger charge is 2.36. The molecule has 5 N–H and O–H groups in total. The van der Waals surface area contributed by atoms with Gasteiger partial charge in [-0.1, -0.05) is 16.9 Å². The monoisotopic (exact) mass is 689 g/mol. The van der Waals surface area contributed by atoms with Gasteiger partial charge in [-0.3, -0.25) is 13.7 Å². The third-order valence-electron chi connectivity index (χ3n) is 5.20. The Morgan fingerprint density at radius 3 is 2.12 bits per heavy atom. The van der Waals surface area contributed by atoms with Gasteiger partial charge in [-0.05, 0) is 32.0 Å². The van der Waals surface area contributed by atoms with Gasteiger partial charge >= 0.3 is 0 Å². The van der Waals surface area contributed by atoms with E-state index in [0.717, 1.165) is 35.5 Å². The minimum atomic E-state index is -4.99. The number of anilines is 2. The van der Waals surface area contributed by atoms with Crippen LogP contribution >= 0.6 is 11.8 Å². The number of azo groups is 1. The van der Waals surface area contributed by atoms with Crippen LogP contribution in [0.3, 0.4) is 0 Å². The maximum Gasteiger partial charge on any atom is 0.294 e. The van der Waals surface area contributed by atoms with Gasteiger partial charge in [-0.25, -0.2) is 13.1 Å². The van der Waals surface area contributed by atoms with Crippen LogP contribution in [0.5, 0.6) is 0 Å². The fourth-order valence-corrected chi connectivity index (χ4v) is 6.64. The number of aromatic nitrogens is 3. The molecule has 42 heavy (non-hydrogen) atoms. The second kappa shape index (κ2) is 12.2. The van der Waals surface area contributed by atoms with Crippen LogP contribution in [0.1, 0.15) is 12.6 Å². The first-order valence-corrected chi connectivity index (χ1v) is 17.7. The van der Waals surface area contributed by atoms with Crippen LogP contribution in [-0.4, -0.2) is 80.8 Å². The van der Waals surface area contributed by atoms with E-state index in [1.807, 2.05) is 0 Å². The molecule has 0 aliphatic rings. The number of thiol groups is 1. The van der Waals surface area contributed by atoms with Crippen molar-refractivity contribution < 1.29 is 51.9 Å². The van der Waals surface area contributed by atoms with Crippen molar-refractivity contribution in [2.45, 2.75) is 33.7 Å². The zero-order valence-electron chi connectivity index (χ0n) is 21.6. The molecule has 19 nitrogen and oxygen atoms in total. The molecule has 0 aliphatic carbocycles. The summed E-state index contributed by atoms with van der Waals surface area (Å²) in [7, 11) is -16.3. The van der Waals surface area contributed by atoms with E-state index in [4.69, 9.17) is 9.08 Å². The Morgan fingerprint density at radius 2 is 1.62 bits per heavy atom. The standard InChI is InChI=1S/C18H23N7O12S5/c1-10-16(22-21-14-9-15(37-24-14)38-4-5-40(28,29)30)17(19-3)25(23-10)18(2,39(26)27)20-11-6-12(41(31,32)33)8-13(7-11)42(34,35)36/h6-9,19-20,39H,4-5H2,1-3H3,(H,28,29,30)(H,31,32,33)(H,34,35,36). The highest BCUT2D eigenvalue weighted by atomic mass is 32.2. The SMILES string of the molecule is CNc1c(N=Nc2cc(SCCS(=O)(=O)O)on2)c(C)nn1C(C)(Nc1cc(S(=O)(=O)O)cc(S(=O)(=O)O)c1)[SH](=O)=O. The Labute approximate surface area is 245 Å². The third-order valence-corrected chi connectivity index (χ3v) is 9.74. The van der Waals surface area contributed by atoms with Gasteiger partial charge in [0.2, 0.25) is 10.8 Å². The molecule has 3 rings (SSSR count). The van der Waals surface area contributed by atoms with Crippen LogP contribution in [0.25, 0.3) is 0 Å². The van der Waals surface area contributed by atoms with E-state index in [0.29, 0.717) is 6.07 Å². The minimum Gasteiger partial charge on any atom is -0.371 e. The summed E-state index contributed by atoms with van der Waals surface area (Å²) in [5.41, 5.74) is -0.278. The van der Waals surface area contributed by atoms with E-state index < -0.39 is 67.3 Å². The Hall–Kier alpha value is -3.13. The molecule has 0 radical (unpaired) electrons. The summed E-state index contributed by atoms with van der Waals surface area (Å²) in [4.78, 5) is -4.14. The van der Waals surface area contributed by atoms with Crippen molar-refractivity contribution in [1.82, 2.24) is 14.9 Å². The number of benzene rings is 1. The molecular formula is C18H23N7O12S5. The molecule has 0 bridgehead atoms. The summed E-state index contributed by atoms with van der Waals surface area (Å²) in [6.07, 6.45) is 0. The average Bonchev–Trinajstić information content (AvgIpc) is 3.44. The predicted octanol–water partition coefficient (Wildman–Crippen LogP) is 1.46. The lowest BCUT2D eigenvalue weighted by Crippen LogP contribution is -2.41. The zero-order chi connectivity index (χ0) is 31.7. The van der Waals surface area contributed by atoms with Crippen molar-refractivity contribution >= 4 is 75.8 Å². The Balaban J connectivity index is 2.02. The van der Waals surface area contributed by atoms with Crippen LogP contribution in [0, 0.1) is 6.92 Å². The van der Waals surface area contributed by atoms with E-state index in [-0.39, 0.29) is 33.9 Å². The Morgan fingerprint density at radius 1 is 1.02 bits per heavy atom. The topological polar surface area (TPSA) is 290 Å². The summed E-state index contributed by atoms with van der Waals surface area (Å²) in [5.74, 6) is -0.629. The van der Waals surface area contributed by atoms with Gasteiger partial charge in [-0.2, -0.15) is 30.4 Å². The summed E-state index contributed by atoms with van der Waals surface area (Å²) in [6, 6.07) is 3.29. The highest BCUT2D eigenvalue weighted by molar-refractivity contribution is 8.00. The molecule has 0 saturated heterocycles. The van der Waals surface area contributed by atoms with Crippen LogP contribution in [-0.2, 0) is 46.1 Å². The van der Waals surface area contributed by atoms with Gasteiger partial charge < -0.3 is 15.2 Å². The lowest BCUT2D eigenvalue weighted by atomic mass is 10.3. The molecule has 0 amide bonds. The van der Waals surface area contributed by atoms with Crippen LogP contribution in [0.4, 0.5) is 23.0 Å². The highest BCUT2D eigenvalue weighted by Crippen LogP contribution is 2.36. The number of rotatable bonds is 13. The molecule has 2 heterocycles. The molecule has 0 saturated carbocycles. The van der Waals surface area contributed by atoms with Gasteiger partial charge in [0.15, 0.2) is 27.3 Å². The summed E-state index contributed by atoms with van der Waals surface area (Å²) in [5, 5.41) is 21.2. The Bertz CT molecular complexity index is 1870. The molecule has 232 valence electrons. The Kier molecular flexibility index (Phi) is 9.72. The lowest BCUT2D eigenvalue weighted by Gasteiger charge is -2.28. The van der Waals surface area contributed by atoms with Gasteiger partial charge in [0.05, 0.1) is 21.2 Å². The normalized spacial score (nSPS) is 14.4. The van der Waals surface area contributed by atoms with E-state index in [9.17, 15) is 42.8 Å². The van der Waals surface area contributed by atoms with Gasteiger partial charge in [0, 0.05) is 24.6 Å². The molecule has 1 aromatic carbocycles. The summed E-state index contributed by atoms with van der Waals surface area (Å²) in [6.45, 7) is 2.56. The molecule has 1 atom stereocenters. The molecule has 0 aliphatic heterocycles. The van der Waals surface area contributed by atoms with E-state index in [2.05, 4.69) is 31.1 Å². The van der Waals surface area contributed by atoms with Gasteiger partial charge in [-0.15, -0.1) is 10.2 Å². The fraction of sp³-hybridized carbons (Fsp3) is 0.333. The number of nitrogens with zero attached hydrogens (tertiary/aromatic N) is 5. The van der Waals surface area contributed by atoms with E-state index >= 15 is 0 Å². The third kappa shape index (κ3) is 8.03. The van der Waals surface area contributed by atoms with E-state index in [1.54, 1.807) is 0 Å². The molecule has 1 unspecified atom stereocenters. The molecule has 24 heteroatoms. The first kappa shape index (κ1) is 33.4. The average molecular weight is 690 g/mol. The number of nitrogens with one attached hydrogen (secondary N) is 2. The van der Waals surface area contributed by atoms with Crippen molar-refractivity contribution in [2.24, 2.45) is 10.2 Å². The van der Waals surface area contributed by atoms with Crippen molar-refractivity contribution in [2.75, 3.05) is 29.2 Å². The molecular weight excluding hydrogens is 667 g/mol. The molecule has 2 aromatic heterocycles. The quantitative estimate of drug-likeness (QED) is 0.0640. The number of thioether (sulfide) groups is 1. The van der Waals surface area contributed by atoms with Crippen molar-refractivity contribution in [3.63, 3.8) is 0 Å². The first-order chi connectivity index (χ1) is 19.2. The van der Waals surface area contributed by atoms with Crippen molar-refractivity contribution in [3.05, 3.63) is 30.0 Å². The van der Waals surface area contributed by atoms with Crippen LogP contribution in [0.15, 0.2) is 53.9 Å². The largest absolute Gasteiger partial charge is 0.371 e. The zero-order valence-corrected chi connectivity index (χ0v) is 25.7. The molecule has 0 spiro atoms. The van der Waals surface area contributed by atoms with Gasteiger partial charge in [0.25, 0.3) is 30.4 Å². The first-order valence-electron chi connectivity index (χ1n) is 11.0. The maximum absolute atomic E-state index is 12.5. The summed E-state index contributed by atoms with van der Waals surface area (Å²) < 4.78 is 127. The second-order valence-corrected chi connectivity index (χ2v) is 15.2. The fourth-order valence-electron chi connectivity index (χ4n) is 3.28. The van der Waals surface area contributed by atoms with Gasteiger partial charge in [0.1, 0.15) is 0 Å². The maximum atomic E-state index is 12.5. The second-order valence-electron chi connectivity index (χ2n) is 8.33. The lowest BCUT2D eigenvalue weighted by molar-refractivity contribution is 0.351. The predicted molar refractivity (Wildman–Crippen MR) is 148 cm³/mol. The van der Waals surface area contributed by atoms with E-state index in [1.165, 1.54) is 20.0 Å². The molecule has 3 aromatic rings. The molecule has 0 fully saturated rings. The number of hydrogen-bond donors (Lipinski definition) is 6. The van der Waals surface area contributed by atoms with Crippen LogP contribution in [0.2, 0.25) is 0 Å². The minimum absolute atomic E-state index is 0.0243. The van der Waals surface area contributed by atoms with Crippen molar-refractivity contribution in [3.8, 4) is 0 Å². The number of aryl methyl sites for hydroxylation is 1.